The minimum absolute atomic E-state index is 0.0171. The summed E-state index contributed by atoms with van der Waals surface area (Å²) in [5, 5.41) is 11.4. The number of aromatic nitrogens is 1. The van der Waals surface area contributed by atoms with Crippen LogP contribution in [0.5, 0.6) is 11.5 Å². The Balaban J connectivity index is 2.24. The average Bonchev–Trinajstić information content (AvgIpc) is 3.04. The van der Waals surface area contributed by atoms with Crippen molar-refractivity contribution in [1.82, 2.24) is 4.57 Å². The highest BCUT2D eigenvalue weighted by molar-refractivity contribution is 6.01. The van der Waals surface area contributed by atoms with Gasteiger partial charge in [-0.15, -0.1) is 0 Å². The van der Waals surface area contributed by atoms with Crippen LogP contribution in [0.15, 0.2) is 18.2 Å². The Kier molecular flexibility index (Phi) is 7.76. The van der Waals surface area contributed by atoms with Gasteiger partial charge in [0.05, 0.1) is 37.9 Å². The molecule has 0 bridgehead atoms. The number of carbonyl (C=O) groups is 2. The maximum absolute atomic E-state index is 12.7. The molecule has 0 radical (unpaired) electrons. The summed E-state index contributed by atoms with van der Waals surface area (Å²) in [6.07, 6.45) is 0. The van der Waals surface area contributed by atoms with Gasteiger partial charge in [0.1, 0.15) is 5.56 Å². The number of benzene rings is 1. The van der Waals surface area contributed by atoms with Crippen LogP contribution in [-0.2, 0) is 9.47 Å². The Morgan fingerprint density at radius 3 is 2.23 bits per heavy atom. The third-order valence-electron chi connectivity index (χ3n) is 4.89. The first kappa shape index (κ1) is 23.9. The molecule has 31 heavy (non-hydrogen) atoms. The lowest BCUT2D eigenvalue weighted by atomic mass is 10.1. The van der Waals surface area contributed by atoms with Crippen molar-refractivity contribution < 1.29 is 33.5 Å². The molecule has 0 fully saturated rings. The minimum atomic E-state index is -1.01. The van der Waals surface area contributed by atoms with E-state index in [1.807, 2.05) is 18.4 Å². The number of methoxy groups -OCH3 is 3. The van der Waals surface area contributed by atoms with Crippen molar-refractivity contribution in [2.75, 3.05) is 34.5 Å². The summed E-state index contributed by atoms with van der Waals surface area (Å²) in [7, 11) is 4.26. The maximum Gasteiger partial charge on any atom is 0.345 e. The largest absolute Gasteiger partial charge is 0.493 e. The van der Waals surface area contributed by atoms with Gasteiger partial charge in [0, 0.05) is 30.1 Å². The van der Waals surface area contributed by atoms with E-state index < -0.39 is 29.0 Å². The molecule has 10 nitrogen and oxygen atoms in total. The first-order chi connectivity index (χ1) is 14.7. The molecule has 0 aliphatic carbocycles. The summed E-state index contributed by atoms with van der Waals surface area (Å²) in [5.74, 6) is -1.20. The third kappa shape index (κ3) is 5.02. The van der Waals surface area contributed by atoms with Crippen molar-refractivity contribution in [1.29, 1.82) is 0 Å². The number of carbonyl (C=O) groups excluding carboxylic acids is 2. The molecule has 1 atom stereocenters. The Labute approximate surface area is 179 Å². The standard InChI is InChI=1S/C21H26N2O8/c1-12-7-15(14(3)22(12)13(2)10-28-4)18(24)11-31-21(25)16-8-19(29-5)20(30-6)9-17(16)23(26)27/h7-9,13H,10-11H2,1-6H3. The first-order valence-electron chi connectivity index (χ1n) is 9.44. The van der Waals surface area contributed by atoms with Gasteiger partial charge in [-0.05, 0) is 26.8 Å². The monoisotopic (exact) mass is 434 g/mol. The van der Waals surface area contributed by atoms with Crippen molar-refractivity contribution in [3.05, 3.63) is 50.8 Å². The number of Topliss-reactive ketones (excluding diaryl/α,β-unsaturated/α-hetero) is 1. The number of nitro benzene ring substituents is 1. The van der Waals surface area contributed by atoms with Crippen LogP contribution in [-0.4, -0.2) is 55.8 Å². The van der Waals surface area contributed by atoms with Gasteiger partial charge in [0.25, 0.3) is 5.69 Å². The molecular weight excluding hydrogens is 408 g/mol. The molecule has 1 aromatic heterocycles. The molecule has 1 unspecified atom stereocenters. The van der Waals surface area contributed by atoms with E-state index in [-0.39, 0.29) is 23.1 Å². The van der Waals surface area contributed by atoms with Crippen LogP contribution >= 0.6 is 0 Å². The zero-order valence-corrected chi connectivity index (χ0v) is 18.4. The van der Waals surface area contributed by atoms with Crippen LogP contribution in [0, 0.1) is 24.0 Å². The second-order valence-corrected chi connectivity index (χ2v) is 6.94. The Morgan fingerprint density at radius 1 is 1.06 bits per heavy atom. The van der Waals surface area contributed by atoms with E-state index in [1.54, 1.807) is 20.1 Å². The van der Waals surface area contributed by atoms with E-state index in [2.05, 4.69) is 0 Å². The topological polar surface area (TPSA) is 119 Å². The van der Waals surface area contributed by atoms with Gasteiger partial charge in [0.15, 0.2) is 18.1 Å². The highest BCUT2D eigenvalue weighted by Gasteiger charge is 2.27. The summed E-state index contributed by atoms with van der Waals surface area (Å²) >= 11 is 0. The fourth-order valence-electron chi connectivity index (χ4n) is 3.52. The van der Waals surface area contributed by atoms with Gasteiger partial charge in [-0.2, -0.15) is 0 Å². The molecule has 0 amide bonds. The number of esters is 1. The van der Waals surface area contributed by atoms with Crippen molar-refractivity contribution in [3.8, 4) is 11.5 Å². The Bertz CT molecular complexity index is 996. The number of ether oxygens (including phenoxy) is 4. The van der Waals surface area contributed by atoms with Gasteiger partial charge < -0.3 is 23.5 Å². The molecule has 0 saturated heterocycles. The lowest BCUT2D eigenvalue weighted by molar-refractivity contribution is -0.385. The second kappa shape index (κ2) is 10.1. The summed E-state index contributed by atoms with van der Waals surface area (Å²) in [5.41, 5.74) is 1.15. The Morgan fingerprint density at radius 2 is 1.68 bits per heavy atom. The number of rotatable bonds is 10. The number of nitro groups is 1. The molecule has 0 saturated carbocycles. The quantitative estimate of drug-likeness (QED) is 0.242. The van der Waals surface area contributed by atoms with Crippen molar-refractivity contribution in [2.45, 2.75) is 26.8 Å². The lowest BCUT2D eigenvalue weighted by Gasteiger charge is -2.17. The van der Waals surface area contributed by atoms with Crippen LogP contribution in [0.2, 0.25) is 0 Å². The van der Waals surface area contributed by atoms with Gasteiger partial charge in [-0.3, -0.25) is 14.9 Å². The molecule has 0 aliphatic heterocycles. The van der Waals surface area contributed by atoms with E-state index in [0.29, 0.717) is 12.2 Å². The van der Waals surface area contributed by atoms with Crippen molar-refractivity contribution >= 4 is 17.4 Å². The Hall–Kier alpha value is -3.40. The lowest BCUT2D eigenvalue weighted by Crippen LogP contribution is -2.17. The molecule has 2 rings (SSSR count). The second-order valence-electron chi connectivity index (χ2n) is 6.94. The zero-order chi connectivity index (χ0) is 23.3. The SMILES string of the molecule is COCC(C)n1c(C)cc(C(=O)COC(=O)c2cc(OC)c(OC)cc2[N+](=O)[O-])c1C. The van der Waals surface area contributed by atoms with Crippen LogP contribution in [0.4, 0.5) is 5.69 Å². The number of hydrogen-bond donors (Lipinski definition) is 0. The zero-order valence-electron chi connectivity index (χ0n) is 18.4. The van der Waals surface area contributed by atoms with Crippen LogP contribution in [0.3, 0.4) is 0 Å². The summed E-state index contributed by atoms with van der Waals surface area (Å²) in [6, 6.07) is 3.96. The molecule has 0 spiro atoms. The smallest absolute Gasteiger partial charge is 0.345 e. The van der Waals surface area contributed by atoms with E-state index in [0.717, 1.165) is 23.5 Å². The fourth-order valence-corrected chi connectivity index (χ4v) is 3.52. The predicted molar refractivity (Wildman–Crippen MR) is 111 cm³/mol. The first-order valence-corrected chi connectivity index (χ1v) is 9.44. The molecule has 10 heteroatoms. The number of nitrogens with zero attached hydrogens (tertiary/aromatic N) is 2. The molecule has 0 N–H and O–H groups in total. The van der Waals surface area contributed by atoms with Crippen LogP contribution in [0.1, 0.15) is 45.1 Å². The maximum atomic E-state index is 12.7. The summed E-state index contributed by atoms with van der Waals surface area (Å²) < 4.78 is 22.4. The average molecular weight is 434 g/mol. The van der Waals surface area contributed by atoms with Crippen LogP contribution < -0.4 is 9.47 Å². The number of ketones is 1. The van der Waals surface area contributed by atoms with Crippen LogP contribution in [0.25, 0.3) is 0 Å². The van der Waals surface area contributed by atoms with E-state index in [4.69, 9.17) is 18.9 Å². The molecule has 1 heterocycles. The highest BCUT2D eigenvalue weighted by Crippen LogP contribution is 2.34. The third-order valence-corrected chi connectivity index (χ3v) is 4.89. The molecule has 0 aliphatic rings. The minimum Gasteiger partial charge on any atom is -0.493 e. The number of aryl methyl sites for hydroxylation is 1. The highest BCUT2D eigenvalue weighted by atomic mass is 16.6. The van der Waals surface area contributed by atoms with Crippen molar-refractivity contribution in [3.63, 3.8) is 0 Å². The van der Waals surface area contributed by atoms with E-state index in [1.165, 1.54) is 14.2 Å². The van der Waals surface area contributed by atoms with Gasteiger partial charge in [-0.1, -0.05) is 0 Å². The fraction of sp³-hybridized carbons (Fsp3) is 0.429. The predicted octanol–water partition coefficient (Wildman–Crippen LogP) is 3.28. The summed E-state index contributed by atoms with van der Waals surface area (Å²) in [4.78, 5) is 35.9. The number of hydrogen-bond acceptors (Lipinski definition) is 8. The van der Waals surface area contributed by atoms with Crippen molar-refractivity contribution in [2.24, 2.45) is 0 Å². The van der Waals surface area contributed by atoms with E-state index in [9.17, 15) is 19.7 Å². The normalized spacial score (nSPS) is 11.7. The molecule has 2 aromatic rings. The van der Waals surface area contributed by atoms with Gasteiger partial charge >= 0.3 is 5.97 Å². The molecule has 1 aromatic carbocycles. The summed E-state index contributed by atoms with van der Waals surface area (Å²) in [6.45, 7) is 5.55. The molecule has 168 valence electrons. The van der Waals surface area contributed by atoms with E-state index >= 15 is 0 Å². The van der Waals surface area contributed by atoms with Gasteiger partial charge in [0.2, 0.25) is 5.78 Å². The van der Waals surface area contributed by atoms with Gasteiger partial charge in [-0.25, -0.2) is 4.79 Å². The molecular formula is C21H26N2O8.